The third-order valence-electron chi connectivity index (χ3n) is 7.13. The van der Waals surface area contributed by atoms with Crippen LogP contribution >= 0.6 is 11.3 Å². The van der Waals surface area contributed by atoms with Crippen molar-refractivity contribution >= 4 is 23.4 Å². The van der Waals surface area contributed by atoms with E-state index in [2.05, 4.69) is 11.9 Å². The molecule has 43 heavy (non-hydrogen) atoms. The third kappa shape index (κ3) is 6.78. The second-order valence-electron chi connectivity index (χ2n) is 10.2. The van der Waals surface area contributed by atoms with Gasteiger partial charge in [-0.15, -0.1) is 0 Å². The summed E-state index contributed by atoms with van der Waals surface area (Å²) < 4.78 is 32.8. The van der Waals surface area contributed by atoms with Gasteiger partial charge in [0.1, 0.15) is 12.4 Å². The molecule has 0 radical (unpaired) electrons. The highest BCUT2D eigenvalue weighted by Gasteiger charge is 2.34. The number of rotatable bonds is 11. The first-order chi connectivity index (χ1) is 20.9. The molecule has 222 valence electrons. The summed E-state index contributed by atoms with van der Waals surface area (Å²) in [6, 6.07) is 19.9. The summed E-state index contributed by atoms with van der Waals surface area (Å²) in [5.41, 5.74) is 2.56. The van der Waals surface area contributed by atoms with E-state index in [-0.39, 0.29) is 23.6 Å². The van der Waals surface area contributed by atoms with E-state index in [1.54, 1.807) is 44.4 Å². The molecule has 1 atom stereocenters. The predicted molar refractivity (Wildman–Crippen MR) is 164 cm³/mol. The molecule has 2 heterocycles. The van der Waals surface area contributed by atoms with Gasteiger partial charge in [-0.25, -0.2) is 14.2 Å². The molecule has 5 rings (SSSR count). The molecule has 0 saturated carbocycles. The first-order valence-electron chi connectivity index (χ1n) is 14.2. The van der Waals surface area contributed by atoms with Crippen LogP contribution < -0.4 is 24.4 Å². The second kappa shape index (κ2) is 13.6. The number of ether oxygens (including phenoxy) is 3. The van der Waals surface area contributed by atoms with Crippen LogP contribution in [0.4, 0.5) is 4.39 Å². The van der Waals surface area contributed by atoms with E-state index in [4.69, 9.17) is 14.2 Å². The standard InChI is InChI=1S/C34H33FN2O5S/c1-4-5-9-18-41-27-17-14-25(20-28(27)40-3)31-30(33(39)42-21-24-10-7-6-8-11-24)22(2)36-34-37(31)32(38)29(43-34)19-23-12-15-26(35)16-13-23/h6-8,10-17,19-20,31H,4-5,9,18,21H2,1-3H3/b29-19-. The molecule has 3 aromatic carbocycles. The second-order valence-corrected chi connectivity index (χ2v) is 11.2. The van der Waals surface area contributed by atoms with Gasteiger partial charge in [-0.3, -0.25) is 9.36 Å². The molecular formula is C34H33FN2O5S. The average Bonchev–Trinajstić information content (AvgIpc) is 3.32. The van der Waals surface area contributed by atoms with E-state index in [0.717, 1.165) is 24.8 Å². The van der Waals surface area contributed by atoms with Gasteiger partial charge in [0.05, 0.1) is 35.6 Å². The number of aromatic nitrogens is 1. The van der Waals surface area contributed by atoms with Crippen molar-refractivity contribution in [3.8, 4) is 11.5 Å². The van der Waals surface area contributed by atoms with Crippen LogP contribution in [0.1, 0.15) is 55.8 Å². The quantitative estimate of drug-likeness (QED) is 0.163. The normalized spacial score (nSPS) is 14.7. The molecule has 9 heteroatoms. The van der Waals surface area contributed by atoms with Gasteiger partial charge in [-0.1, -0.05) is 79.6 Å². The SMILES string of the molecule is CCCCCOc1ccc(C2C(C(=O)OCc3ccccc3)=C(C)N=c3s/c(=C\c4ccc(F)cc4)c(=O)n32)cc1OC. The van der Waals surface area contributed by atoms with Crippen LogP contribution in [0.3, 0.4) is 0 Å². The van der Waals surface area contributed by atoms with Crippen LogP contribution in [0, 0.1) is 5.82 Å². The molecule has 1 aliphatic heterocycles. The molecule has 0 N–H and O–H groups in total. The summed E-state index contributed by atoms with van der Waals surface area (Å²) in [6.07, 6.45) is 4.76. The molecule has 1 aliphatic rings. The van der Waals surface area contributed by atoms with Gasteiger partial charge in [0.25, 0.3) is 5.56 Å². The Morgan fingerprint density at radius 3 is 2.53 bits per heavy atom. The van der Waals surface area contributed by atoms with Crippen LogP contribution in [0.5, 0.6) is 11.5 Å². The Balaban J connectivity index is 1.59. The highest BCUT2D eigenvalue weighted by molar-refractivity contribution is 7.07. The van der Waals surface area contributed by atoms with Crippen molar-refractivity contribution in [3.63, 3.8) is 0 Å². The number of benzene rings is 3. The number of hydrogen-bond donors (Lipinski definition) is 0. The van der Waals surface area contributed by atoms with E-state index in [0.29, 0.717) is 44.3 Å². The van der Waals surface area contributed by atoms with Gasteiger partial charge in [0.2, 0.25) is 0 Å². The summed E-state index contributed by atoms with van der Waals surface area (Å²) in [5.74, 6) is 0.149. The van der Waals surface area contributed by atoms with Gasteiger partial charge in [0, 0.05) is 0 Å². The number of hydrogen-bond acceptors (Lipinski definition) is 7. The zero-order chi connectivity index (χ0) is 30.3. The van der Waals surface area contributed by atoms with Gasteiger partial charge >= 0.3 is 5.97 Å². The van der Waals surface area contributed by atoms with E-state index in [1.165, 1.54) is 28.0 Å². The largest absolute Gasteiger partial charge is 0.493 e. The Labute approximate surface area is 253 Å². The molecular weight excluding hydrogens is 567 g/mol. The van der Waals surface area contributed by atoms with Crippen molar-refractivity contribution < 1.29 is 23.4 Å². The lowest BCUT2D eigenvalue weighted by molar-refractivity contribution is -0.140. The summed E-state index contributed by atoms with van der Waals surface area (Å²) in [5, 5.41) is 0. The van der Waals surface area contributed by atoms with Crippen molar-refractivity contribution in [2.24, 2.45) is 4.99 Å². The number of allylic oxidation sites excluding steroid dienone is 1. The number of carbonyl (C=O) groups is 1. The Morgan fingerprint density at radius 2 is 1.81 bits per heavy atom. The van der Waals surface area contributed by atoms with E-state index < -0.39 is 12.0 Å². The predicted octanol–water partition coefficient (Wildman–Crippen LogP) is 5.70. The highest BCUT2D eigenvalue weighted by Crippen LogP contribution is 2.36. The molecule has 0 amide bonds. The van der Waals surface area contributed by atoms with E-state index >= 15 is 0 Å². The third-order valence-corrected chi connectivity index (χ3v) is 8.11. The number of nitrogens with zero attached hydrogens (tertiary/aromatic N) is 2. The monoisotopic (exact) mass is 600 g/mol. The minimum atomic E-state index is -0.821. The lowest BCUT2D eigenvalue weighted by Crippen LogP contribution is -2.39. The molecule has 7 nitrogen and oxygen atoms in total. The molecule has 4 aromatic rings. The zero-order valence-corrected chi connectivity index (χ0v) is 25.2. The fourth-order valence-corrected chi connectivity index (χ4v) is 5.96. The van der Waals surface area contributed by atoms with E-state index in [1.807, 2.05) is 36.4 Å². The number of carbonyl (C=O) groups excluding carboxylic acids is 1. The number of fused-ring (bicyclic) bond motifs is 1. The van der Waals surface area contributed by atoms with Gasteiger partial charge in [-0.05, 0) is 60.4 Å². The van der Waals surface area contributed by atoms with Crippen molar-refractivity contribution in [2.75, 3.05) is 13.7 Å². The van der Waals surface area contributed by atoms with Gasteiger partial charge < -0.3 is 14.2 Å². The summed E-state index contributed by atoms with van der Waals surface area (Å²) in [4.78, 5) is 32.7. The van der Waals surface area contributed by atoms with Crippen LogP contribution in [0.2, 0.25) is 0 Å². The molecule has 0 aliphatic carbocycles. The maximum atomic E-state index is 13.9. The maximum Gasteiger partial charge on any atom is 0.338 e. The summed E-state index contributed by atoms with van der Waals surface area (Å²) >= 11 is 1.21. The number of methoxy groups -OCH3 is 1. The van der Waals surface area contributed by atoms with E-state index in [9.17, 15) is 14.0 Å². The summed E-state index contributed by atoms with van der Waals surface area (Å²) in [7, 11) is 1.56. The Kier molecular flexibility index (Phi) is 9.51. The van der Waals surface area contributed by atoms with Crippen LogP contribution in [0.15, 0.2) is 93.9 Å². The molecule has 0 saturated heterocycles. The first-order valence-corrected chi connectivity index (χ1v) is 15.0. The number of esters is 1. The molecule has 1 unspecified atom stereocenters. The minimum absolute atomic E-state index is 0.0754. The zero-order valence-electron chi connectivity index (χ0n) is 24.3. The molecule has 0 fully saturated rings. The van der Waals surface area contributed by atoms with Crippen LogP contribution in [0.25, 0.3) is 6.08 Å². The van der Waals surface area contributed by atoms with Crippen molar-refractivity contribution in [2.45, 2.75) is 45.8 Å². The van der Waals surface area contributed by atoms with Crippen LogP contribution in [-0.4, -0.2) is 24.3 Å². The average molecular weight is 601 g/mol. The van der Waals surface area contributed by atoms with Crippen molar-refractivity contribution in [3.05, 3.63) is 126 Å². The highest BCUT2D eigenvalue weighted by atomic mass is 32.1. The fourth-order valence-electron chi connectivity index (χ4n) is 4.92. The Morgan fingerprint density at radius 1 is 1.05 bits per heavy atom. The van der Waals surface area contributed by atoms with Crippen LogP contribution in [-0.2, 0) is 16.1 Å². The maximum absolute atomic E-state index is 13.9. The first kappa shape index (κ1) is 30.0. The summed E-state index contributed by atoms with van der Waals surface area (Å²) in [6.45, 7) is 4.50. The molecule has 1 aromatic heterocycles. The number of halogens is 1. The van der Waals surface area contributed by atoms with Crippen molar-refractivity contribution in [1.82, 2.24) is 4.57 Å². The Bertz CT molecular complexity index is 1810. The number of unbranched alkanes of at least 4 members (excludes halogenated alkanes) is 2. The molecule has 0 bridgehead atoms. The van der Waals surface area contributed by atoms with Gasteiger partial charge in [-0.2, -0.15) is 0 Å². The lowest BCUT2D eigenvalue weighted by atomic mass is 9.95. The smallest absolute Gasteiger partial charge is 0.338 e. The minimum Gasteiger partial charge on any atom is -0.493 e. The van der Waals surface area contributed by atoms with Crippen molar-refractivity contribution in [1.29, 1.82) is 0 Å². The van der Waals surface area contributed by atoms with Gasteiger partial charge in [0.15, 0.2) is 16.3 Å². The Hall–Kier alpha value is -4.50. The lowest BCUT2D eigenvalue weighted by Gasteiger charge is -2.25. The molecule has 0 spiro atoms. The fraction of sp³-hybridized carbons (Fsp3) is 0.265. The topological polar surface area (TPSA) is 79.1 Å². The number of thiazole rings is 1.